The summed E-state index contributed by atoms with van der Waals surface area (Å²) >= 11 is 0. The molecule has 2 saturated heterocycles. The summed E-state index contributed by atoms with van der Waals surface area (Å²) in [6.45, 7) is 4.23. The Morgan fingerprint density at radius 2 is 1.91 bits per heavy atom. The van der Waals surface area contributed by atoms with Gasteiger partial charge >= 0.3 is 6.18 Å². The van der Waals surface area contributed by atoms with E-state index in [4.69, 9.17) is 4.98 Å². The molecule has 34 heavy (non-hydrogen) atoms. The summed E-state index contributed by atoms with van der Waals surface area (Å²) in [6, 6.07) is 14.6. The molecule has 2 fully saturated rings. The van der Waals surface area contributed by atoms with Gasteiger partial charge in [0.25, 0.3) is 0 Å². The summed E-state index contributed by atoms with van der Waals surface area (Å²) in [5.41, 5.74) is 1.94. The molecule has 2 aromatic carbocycles. The van der Waals surface area contributed by atoms with Crippen LogP contribution in [0.15, 0.2) is 54.6 Å². The van der Waals surface area contributed by atoms with Crippen LogP contribution < -0.4 is 15.5 Å². The highest BCUT2D eigenvalue weighted by Gasteiger charge is 2.40. The molecule has 1 amide bonds. The molecule has 0 saturated carbocycles. The van der Waals surface area contributed by atoms with Crippen molar-refractivity contribution >= 4 is 28.3 Å². The van der Waals surface area contributed by atoms with Gasteiger partial charge in [0.2, 0.25) is 5.91 Å². The minimum Gasteiger partial charge on any atom is -0.356 e. The Labute approximate surface area is 196 Å². The van der Waals surface area contributed by atoms with Crippen molar-refractivity contribution in [2.45, 2.75) is 31.9 Å². The van der Waals surface area contributed by atoms with E-state index in [0.29, 0.717) is 23.1 Å². The van der Waals surface area contributed by atoms with E-state index in [2.05, 4.69) is 15.5 Å². The molecule has 2 N–H and O–H groups in total. The van der Waals surface area contributed by atoms with Crippen molar-refractivity contribution in [1.82, 2.24) is 10.3 Å². The highest BCUT2D eigenvalue weighted by molar-refractivity contribution is 5.94. The number of rotatable bonds is 5. The number of amides is 1. The maximum atomic E-state index is 12.7. The van der Waals surface area contributed by atoms with Crippen molar-refractivity contribution in [3.8, 4) is 0 Å². The third-order valence-electron chi connectivity index (χ3n) is 6.97. The van der Waals surface area contributed by atoms with E-state index >= 15 is 0 Å². The zero-order valence-electron chi connectivity index (χ0n) is 18.8. The Hall–Kier alpha value is -3.13. The predicted molar refractivity (Wildman–Crippen MR) is 127 cm³/mol. The Kier molecular flexibility index (Phi) is 5.93. The smallest absolute Gasteiger partial charge is 0.356 e. The normalized spacial score (nSPS) is 20.4. The number of hydrogen-bond donors (Lipinski definition) is 2. The van der Waals surface area contributed by atoms with Crippen LogP contribution in [0.25, 0.3) is 10.9 Å². The van der Waals surface area contributed by atoms with Crippen molar-refractivity contribution in [3.63, 3.8) is 0 Å². The molecule has 5 rings (SSSR count). The quantitative estimate of drug-likeness (QED) is 0.553. The first-order valence-electron chi connectivity index (χ1n) is 11.6. The van der Waals surface area contributed by atoms with E-state index in [9.17, 15) is 18.0 Å². The Morgan fingerprint density at radius 3 is 2.65 bits per heavy atom. The number of carbonyl (C=O) groups excluding carboxylic acids is 1. The third-order valence-corrected chi connectivity index (χ3v) is 6.97. The van der Waals surface area contributed by atoms with Crippen molar-refractivity contribution < 1.29 is 18.0 Å². The number of nitrogens with one attached hydrogen (secondary N) is 2. The van der Waals surface area contributed by atoms with E-state index in [-0.39, 0.29) is 12.3 Å². The summed E-state index contributed by atoms with van der Waals surface area (Å²) in [5.74, 6) is 0.806. The summed E-state index contributed by atoms with van der Waals surface area (Å²) in [6.07, 6.45) is -1.39. The number of pyridine rings is 1. The molecule has 1 spiro atoms. The Morgan fingerprint density at radius 1 is 1.09 bits per heavy atom. The molecule has 8 heteroatoms. The fourth-order valence-electron chi connectivity index (χ4n) is 4.98. The lowest BCUT2D eigenvalue weighted by Crippen LogP contribution is -2.29. The van der Waals surface area contributed by atoms with Crippen LogP contribution in [0.4, 0.5) is 24.7 Å². The van der Waals surface area contributed by atoms with E-state index in [1.807, 2.05) is 30.3 Å². The van der Waals surface area contributed by atoms with E-state index in [1.54, 1.807) is 0 Å². The molecule has 2 aliphatic rings. The van der Waals surface area contributed by atoms with Gasteiger partial charge in [0.1, 0.15) is 5.82 Å². The van der Waals surface area contributed by atoms with Gasteiger partial charge in [-0.05, 0) is 73.8 Å². The second-order valence-electron chi connectivity index (χ2n) is 9.42. The largest absolute Gasteiger partial charge is 0.416 e. The monoisotopic (exact) mass is 468 g/mol. The van der Waals surface area contributed by atoms with E-state index in [0.717, 1.165) is 55.0 Å². The first-order valence-corrected chi connectivity index (χ1v) is 11.6. The minimum absolute atomic E-state index is 0.184. The van der Waals surface area contributed by atoms with Crippen LogP contribution in [0.5, 0.6) is 0 Å². The molecular formula is C26H27F3N4O. The van der Waals surface area contributed by atoms with Crippen molar-refractivity contribution in [1.29, 1.82) is 0 Å². The number of anilines is 2. The molecule has 2 aliphatic heterocycles. The number of carbonyl (C=O) groups is 1. The third kappa shape index (κ3) is 4.87. The number of nitrogens with zero attached hydrogens (tertiary/aromatic N) is 2. The number of aryl methyl sites for hydroxylation is 1. The maximum absolute atomic E-state index is 12.7. The fourth-order valence-corrected chi connectivity index (χ4v) is 4.98. The van der Waals surface area contributed by atoms with Crippen molar-refractivity contribution in [2.24, 2.45) is 5.41 Å². The molecule has 0 bridgehead atoms. The van der Waals surface area contributed by atoms with E-state index < -0.39 is 11.7 Å². The standard InChI is InChI=1S/C26H27F3N4O/c27-26(28,29)20-5-1-18(2-6-20)3-10-24(34)31-21-7-8-22-19(15-21)4-9-23(32-22)33-14-12-25(17-33)11-13-30-16-25/h1-2,4-9,15,30H,3,10-14,16-17H2,(H,31,34). The summed E-state index contributed by atoms with van der Waals surface area (Å²) in [4.78, 5) is 19.6. The number of fused-ring (bicyclic) bond motifs is 1. The molecule has 3 aromatic rings. The molecule has 5 nitrogen and oxygen atoms in total. The van der Waals surface area contributed by atoms with Crippen LogP contribution >= 0.6 is 0 Å². The SMILES string of the molecule is O=C(CCc1ccc(C(F)(F)F)cc1)Nc1ccc2nc(N3CCC4(CCNC4)C3)ccc2c1. The van der Waals surface area contributed by atoms with Crippen LogP contribution in [0, 0.1) is 5.41 Å². The van der Waals surface area contributed by atoms with Gasteiger partial charge in [0, 0.05) is 42.5 Å². The van der Waals surface area contributed by atoms with Crippen LogP contribution in [0.1, 0.15) is 30.4 Å². The molecule has 0 aliphatic carbocycles. The lowest BCUT2D eigenvalue weighted by atomic mass is 9.87. The van der Waals surface area contributed by atoms with Crippen LogP contribution in [-0.2, 0) is 17.4 Å². The number of benzene rings is 2. The zero-order valence-corrected chi connectivity index (χ0v) is 18.8. The Balaban J connectivity index is 1.19. The molecule has 3 heterocycles. The van der Waals surface area contributed by atoms with Gasteiger partial charge in [-0.15, -0.1) is 0 Å². The van der Waals surface area contributed by atoms with Gasteiger partial charge in [0.05, 0.1) is 11.1 Å². The highest BCUT2D eigenvalue weighted by atomic mass is 19.4. The van der Waals surface area contributed by atoms with Crippen LogP contribution in [0.3, 0.4) is 0 Å². The number of aromatic nitrogens is 1. The first kappa shape index (κ1) is 22.7. The molecule has 1 aromatic heterocycles. The zero-order chi connectivity index (χ0) is 23.8. The van der Waals surface area contributed by atoms with Gasteiger partial charge in [-0.25, -0.2) is 4.98 Å². The predicted octanol–water partition coefficient (Wildman–Crippen LogP) is 5.01. The highest BCUT2D eigenvalue weighted by Crippen LogP contribution is 2.38. The second kappa shape index (κ2) is 8.91. The second-order valence-corrected chi connectivity index (χ2v) is 9.42. The average Bonchev–Trinajstić information content (AvgIpc) is 3.47. The van der Waals surface area contributed by atoms with Crippen molar-refractivity contribution in [3.05, 3.63) is 65.7 Å². The summed E-state index contributed by atoms with van der Waals surface area (Å²) in [7, 11) is 0. The lowest BCUT2D eigenvalue weighted by molar-refractivity contribution is -0.137. The van der Waals surface area contributed by atoms with Gasteiger partial charge in [-0.2, -0.15) is 13.2 Å². The molecule has 1 atom stereocenters. The lowest BCUT2D eigenvalue weighted by Gasteiger charge is -2.23. The van der Waals surface area contributed by atoms with Gasteiger partial charge < -0.3 is 15.5 Å². The molecular weight excluding hydrogens is 441 g/mol. The minimum atomic E-state index is -4.36. The number of alkyl halides is 3. The molecule has 178 valence electrons. The van der Waals surface area contributed by atoms with E-state index in [1.165, 1.54) is 25.0 Å². The van der Waals surface area contributed by atoms with Crippen LogP contribution in [-0.4, -0.2) is 37.1 Å². The van der Waals surface area contributed by atoms with Gasteiger partial charge in [-0.3, -0.25) is 4.79 Å². The Bertz CT molecular complexity index is 1190. The van der Waals surface area contributed by atoms with Crippen molar-refractivity contribution in [2.75, 3.05) is 36.4 Å². The molecule has 0 radical (unpaired) electrons. The molecule has 1 unspecified atom stereocenters. The fraction of sp³-hybridized carbons (Fsp3) is 0.385. The number of halogens is 3. The summed E-state index contributed by atoms with van der Waals surface area (Å²) < 4.78 is 38.0. The first-order chi connectivity index (χ1) is 16.3. The topological polar surface area (TPSA) is 57.3 Å². The van der Waals surface area contributed by atoms with Crippen LogP contribution in [0.2, 0.25) is 0 Å². The average molecular weight is 469 g/mol. The van der Waals surface area contributed by atoms with Gasteiger partial charge in [0.15, 0.2) is 0 Å². The summed E-state index contributed by atoms with van der Waals surface area (Å²) in [5, 5.41) is 7.31. The van der Waals surface area contributed by atoms with Gasteiger partial charge in [-0.1, -0.05) is 12.1 Å². The number of hydrogen-bond acceptors (Lipinski definition) is 4. The maximum Gasteiger partial charge on any atom is 0.416 e.